The summed E-state index contributed by atoms with van der Waals surface area (Å²) in [5.41, 5.74) is 1.28. The van der Waals surface area contributed by atoms with E-state index in [1.54, 1.807) is 36.4 Å². The van der Waals surface area contributed by atoms with Crippen LogP contribution in [0.2, 0.25) is 10.0 Å². The van der Waals surface area contributed by atoms with E-state index in [1.807, 2.05) is 18.2 Å². The van der Waals surface area contributed by atoms with Gasteiger partial charge in [0.2, 0.25) is 0 Å². The van der Waals surface area contributed by atoms with Gasteiger partial charge in [0.15, 0.2) is 11.5 Å². The summed E-state index contributed by atoms with van der Waals surface area (Å²) in [5.74, 6) is -0.253. The van der Waals surface area contributed by atoms with Crippen LogP contribution < -0.4 is 0 Å². The summed E-state index contributed by atoms with van der Waals surface area (Å²) in [4.78, 5) is 23.9. The van der Waals surface area contributed by atoms with Crippen LogP contribution in [0.15, 0.2) is 71.6 Å². The number of Topliss-reactive ketones (excluding diaryl/α,β-unsaturated/α-hetero) is 1. The van der Waals surface area contributed by atoms with Gasteiger partial charge in [-0.2, -0.15) is 0 Å². The number of phenols is 1. The van der Waals surface area contributed by atoms with Gasteiger partial charge in [-0.05, 0) is 53.6 Å². The molecule has 0 aliphatic heterocycles. The van der Waals surface area contributed by atoms with E-state index < -0.39 is 16.4 Å². The molecule has 0 atom stereocenters. The van der Waals surface area contributed by atoms with E-state index in [4.69, 9.17) is 23.2 Å². The second-order valence-corrected chi connectivity index (χ2v) is 8.09. The minimum Gasteiger partial charge on any atom is -0.502 e. The first-order valence-corrected chi connectivity index (χ1v) is 10.4. The van der Waals surface area contributed by atoms with Crippen LogP contribution in [0.25, 0.3) is 6.08 Å². The Morgan fingerprint density at radius 1 is 1.07 bits per heavy atom. The molecule has 3 aromatic rings. The van der Waals surface area contributed by atoms with Crippen molar-refractivity contribution in [1.82, 2.24) is 0 Å². The zero-order chi connectivity index (χ0) is 21.7. The fourth-order valence-electron chi connectivity index (χ4n) is 2.62. The highest BCUT2D eigenvalue weighted by Crippen LogP contribution is 2.32. The van der Waals surface area contributed by atoms with Crippen molar-refractivity contribution in [3.05, 3.63) is 108 Å². The molecular formula is C22H15Cl2NO4S. The Bertz CT molecular complexity index is 1130. The molecule has 0 saturated carbocycles. The second-order valence-electron chi connectivity index (χ2n) is 6.23. The van der Waals surface area contributed by atoms with Crippen LogP contribution >= 0.6 is 35.0 Å². The second kappa shape index (κ2) is 9.80. The van der Waals surface area contributed by atoms with Crippen LogP contribution in [0.4, 0.5) is 5.69 Å². The average Bonchev–Trinajstić information content (AvgIpc) is 2.73. The monoisotopic (exact) mass is 459 g/mol. The van der Waals surface area contributed by atoms with Crippen molar-refractivity contribution in [2.45, 2.75) is 5.75 Å². The maximum atomic E-state index is 13.1. The first-order valence-electron chi connectivity index (χ1n) is 8.70. The Balaban J connectivity index is 1.98. The smallest absolute Gasteiger partial charge is 0.311 e. The number of halogens is 2. The van der Waals surface area contributed by atoms with Gasteiger partial charge < -0.3 is 5.11 Å². The van der Waals surface area contributed by atoms with E-state index >= 15 is 0 Å². The third-order valence-electron chi connectivity index (χ3n) is 4.17. The molecule has 3 aromatic carbocycles. The molecule has 0 bridgehead atoms. The Hall–Kier alpha value is -2.80. The van der Waals surface area contributed by atoms with Gasteiger partial charge in [-0.25, -0.2) is 0 Å². The number of rotatable bonds is 7. The molecule has 0 aromatic heterocycles. The number of carbonyl (C=O) groups is 1. The molecule has 0 aliphatic carbocycles. The Labute approximate surface area is 187 Å². The predicted octanol–water partition coefficient (Wildman–Crippen LogP) is 6.76. The van der Waals surface area contributed by atoms with Crippen molar-refractivity contribution < 1.29 is 14.8 Å². The fraction of sp³-hybridized carbons (Fsp3) is 0.0455. The number of phenolic OH excluding ortho intramolecular Hbond substituents is 1. The Morgan fingerprint density at radius 3 is 2.43 bits per heavy atom. The molecular weight excluding hydrogens is 445 g/mol. The molecule has 30 heavy (non-hydrogen) atoms. The van der Waals surface area contributed by atoms with E-state index in [1.165, 1.54) is 30.0 Å². The van der Waals surface area contributed by atoms with Crippen LogP contribution in [0.3, 0.4) is 0 Å². The lowest BCUT2D eigenvalue weighted by Crippen LogP contribution is -2.01. The number of thioether (sulfide) groups is 1. The minimum atomic E-state index is -0.676. The molecule has 3 rings (SSSR count). The number of hydrogen-bond acceptors (Lipinski definition) is 5. The number of benzene rings is 3. The summed E-state index contributed by atoms with van der Waals surface area (Å²) in [7, 11) is 0. The lowest BCUT2D eigenvalue weighted by molar-refractivity contribution is -0.385. The molecule has 0 radical (unpaired) electrons. The van der Waals surface area contributed by atoms with Crippen molar-refractivity contribution in [3.8, 4) is 5.75 Å². The number of aromatic hydroxyl groups is 1. The van der Waals surface area contributed by atoms with Gasteiger partial charge in [0.25, 0.3) is 0 Å². The summed E-state index contributed by atoms with van der Waals surface area (Å²) in [6.45, 7) is 0. The number of ketones is 1. The number of hydrogen-bond donors (Lipinski definition) is 1. The molecule has 5 nitrogen and oxygen atoms in total. The normalized spacial score (nSPS) is 11.3. The van der Waals surface area contributed by atoms with Gasteiger partial charge in [0.1, 0.15) is 0 Å². The van der Waals surface area contributed by atoms with Crippen LogP contribution in [0.1, 0.15) is 21.5 Å². The summed E-state index contributed by atoms with van der Waals surface area (Å²) in [5, 5.41) is 21.9. The maximum Gasteiger partial charge on any atom is 0.311 e. The van der Waals surface area contributed by atoms with Crippen LogP contribution in [0.5, 0.6) is 5.75 Å². The van der Waals surface area contributed by atoms with Gasteiger partial charge in [-0.1, -0.05) is 47.5 Å². The van der Waals surface area contributed by atoms with E-state index in [-0.39, 0.29) is 5.78 Å². The predicted molar refractivity (Wildman–Crippen MR) is 121 cm³/mol. The highest BCUT2D eigenvalue weighted by Gasteiger charge is 2.17. The quantitative estimate of drug-likeness (QED) is 0.182. The van der Waals surface area contributed by atoms with Gasteiger partial charge in [0, 0.05) is 27.4 Å². The molecule has 0 amide bonds. The number of nitro benzene ring substituents is 1. The van der Waals surface area contributed by atoms with Crippen LogP contribution in [-0.4, -0.2) is 15.8 Å². The van der Waals surface area contributed by atoms with Crippen LogP contribution in [-0.2, 0) is 5.75 Å². The standard InChI is InChI=1S/C22H15Cl2NO4S/c23-17-8-6-15(7-9-17)22(27)21(30-13-16-3-1-2-4-18(16)24)12-14-5-10-20(26)19(11-14)25(28)29/h1-12,26H,13H2. The molecule has 0 spiro atoms. The van der Waals surface area contributed by atoms with Gasteiger partial charge >= 0.3 is 5.69 Å². The molecule has 0 unspecified atom stereocenters. The van der Waals surface area contributed by atoms with Crippen molar-refractivity contribution in [1.29, 1.82) is 0 Å². The van der Waals surface area contributed by atoms with Gasteiger partial charge in [-0.15, -0.1) is 11.8 Å². The zero-order valence-electron chi connectivity index (χ0n) is 15.4. The Kier molecular flexibility index (Phi) is 7.15. The molecule has 0 aliphatic rings. The summed E-state index contributed by atoms with van der Waals surface area (Å²) >= 11 is 13.4. The average molecular weight is 460 g/mol. The number of carbonyl (C=O) groups excluding carboxylic acids is 1. The summed E-state index contributed by atoms with van der Waals surface area (Å²) in [6.07, 6.45) is 1.56. The van der Waals surface area contributed by atoms with Crippen molar-refractivity contribution in [2.75, 3.05) is 0 Å². The number of nitrogens with zero attached hydrogens (tertiary/aromatic N) is 1. The summed E-state index contributed by atoms with van der Waals surface area (Å²) in [6, 6.07) is 17.8. The maximum absolute atomic E-state index is 13.1. The van der Waals surface area contributed by atoms with E-state index in [2.05, 4.69) is 0 Å². The van der Waals surface area contributed by atoms with E-state index in [0.29, 0.717) is 31.8 Å². The largest absolute Gasteiger partial charge is 0.502 e. The van der Waals surface area contributed by atoms with Crippen molar-refractivity contribution in [3.63, 3.8) is 0 Å². The van der Waals surface area contributed by atoms with Gasteiger partial charge in [-0.3, -0.25) is 14.9 Å². The highest BCUT2D eigenvalue weighted by atomic mass is 35.5. The molecule has 1 N–H and O–H groups in total. The minimum absolute atomic E-state index is 0.251. The lowest BCUT2D eigenvalue weighted by Gasteiger charge is -2.09. The molecule has 0 saturated heterocycles. The van der Waals surface area contributed by atoms with Crippen LogP contribution in [0, 0.1) is 10.1 Å². The van der Waals surface area contributed by atoms with Crippen molar-refractivity contribution in [2.24, 2.45) is 0 Å². The highest BCUT2D eigenvalue weighted by molar-refractivity contribution is 8.03. The fourth-order valence-corrected chi connectivity index (χ4v) is 4.05. The topological polar surface area (TPSA) is 80.4 Å². The van der Waals surface area contributed by atoms with Gasteiger partial charge in [0.05, 0.1) is 9.83 Å². The first-order chi connectivity index (χ1) is 14.3. The SMILES string of the molecule is O=C(C(=Cc1ccc(O)c([N+](=O)[O-])c1)SCc1ccccc1Cl)c1ccc(Cl)cc1. The molecule has 8 heteroatoms. The molecule has 0 fully saturated rings. The van der Waals surface area contributed by atoms with E-state index in [0.717, 1.165) is 5.56 Å². The third-order valence-corrected chi connectivity index (χ3v) is 5.86. The van der Waals surface area contributed by atoms with E-state index in [9.17, 15) is 20.0 Å². The number of allylic oxidation sites excluding steroid dienone is 1. The third kappa shape index (κ3) is 5.42. The number of nitro groups is 1. The van der Waals surface area contributed by atoms with Crippen molar-refractivity contribution >= 4 is 52.5 Å². The molecule has 152 valence electrons. The zero-order valence-corrected chi connectivity index (χ0v) is 17.7. The summed E-state index contributed by atoms with van der Waals surface area (Å²) < 4.78 is 0. The first kappa shape index (κ1) is 21.9. The lowest BCUT2D eigenvalue weighted by atomic mass is 10.1. The molecule has 0 heterocycles. The Morgan fingerprint density at radius 2 is 1.77 bits per heavy atom.